The summed E-state index contributed by atoms with van der Waals surface area (Å²) < 4.78 is 0. The number of hydrogen-bond donors (Lipinski definition) is 3. The smallest absolute Gasteiger partial charge is 0.242 e. The van der Waals surface area contributed by atoms with Gasteiger partial charge < -0.3 is 16.0 Å². The molecule has 6 heteroatoms. The van der Waals surface area contributed by atoms with E-state index in [0.717, 1.165) is 19.5 Å². The van der Waals surface area contributed by atoms with E-state index in [2.05, 4.69) is 34.8 Å². The fourth-order valence-electron chi connectivity index (χ4n) is 1.67. The summed E-state index contributed by atoms with van der Waals surface area (Å²) in [7, 11) is 0. The highest BCUT2D eigenvalue weighted by Crippen LogP contribution is 2.01. The van der Waals surface area contributed by atoms with Gasteiger partial charge in [0.25, 0.3) is 0 Å². The molecular weight excluding hydrogens is 379 g/mol. The van der Waals surface area contributed by atoms with Gasteiger partial charge in [0.2, 0.25) is 5.91 Å². The number of hydrogen-bond acceptors (Lipinski definition) is 2. The molecule has 0 spiro atoms. The lowest BCUT2D eigenvalue weighted by Gasteiger charge is -2.20. The highest BCUT2D eigenvalue weighted by atomic mass is 127. The number of rotatable bonds is 7. The first-order valence-corrected chi connectivity index (χ1v) is 7.57. The molecule has 0 heterocycles. The number of carbonyl (C=O) groups is 1. The topological polar surface area (TPSA) is 65.5 Å². The van der Waals surface area contributed by atoms with Gasteiger partial charge in [0.05, 0.1) is 0 Å². The van der Waals surface area contributed by atoms with E-state index in [4.69, 9.17) is 0 Å². The fraction of sp³-hybridized carbons (Fsp3) is 0.867. The third-order valence-electron chi connectivity index (χ3n) is 2.49. The molecule has 126 valence electrons. The first-order valence-electron chi connectivity index (χ1n) is 7.57. The van der Waals surface area contributed by atoms with Gasteiger partial charge in [0, 0.05) is 18.6 Å². The normalized spacial score (nSPS) is 11.9. The molecule has 0 aliphatic rings. The van der Waals surface area contributed by atoms with E-state index in [9.17, 15) is 4.79 Å². The number of halogens is 1. The zero-order chi connectivity index (χ0) is 15.6. The molecular formula is C15H33IN4O. The average Bonchev–Trinajstić information content (AvgIpc) is 2.28. The lowest BCUT2D eigenvalue weighted by molar-refractivity contribution is -0.121. The summed E-state index contributed by atoms with van der Waals surface area (Å²) >= 11 is 0. The van der Waals surface area contributed by atoms with Crippen LogP contribution in [-0.2, 0) is 4.79 Å². The van der Waals surface area contributed by atoms with Crippen molar-refractivity contribution in [3.8, 4) is 0 Å². The highest BCUT2D eigenvalue weighted by molar-refractivity contribution is 14.0. The maximum atomic E-state index is 11.7. The van der Waals surface area contributed by atoms with Crippen LogP contribution in [0, 0.1) is 5.92 Å². The lowest BCUT2D eigenvalue weighted by atomic mass is 10.1. The van der Waals surface area contributed by atoms with Crippen LogP contribution in [0.4, 0.5) is 0 Å². The van der Waals surface area contributed by atoms with Gasteiger partial charge in [-0.1, -0.05) is 13.8 Å². The Bertz CT molecular complexity index is 311. The summed E-state index contributed by atoms with van der Waals surface area (Å²) in [4.78, 5) is 16.0. The van der Waals surface area contributed by atoms with E-state index in [0.29, 0.717) is 11.9 Å². The number of guanidine groups is 1. The van der Waals surface area contributed by atoms with Gasteiger partial charge in [-0.3, -0.25) is 4.79 Å². The number of nitrogens with one attached hydrogen (secondary N) is 3. The minimum atomic E-state index is -0.213. The molecule has 0 aliphatic carbocycles. The van der Waals surface area contributed by atoms with E-state index in [1.807, 2.05) is 27.7 Å². The molecule has 0 aliphatic heterocycles. The molecule has 0 aromatic rings. The molecule has 0 atom stereocenters. The fourth-order valence-corrected chi connectivity index (χ4v) is 1.67. The van der Waals surface area contributed by atoms with E-state index >= 15 is 0 Å². The maximum absolute atomic E-state index is 11.7. The van der Waals surface area contributed by atoms with E-state index < -0.39 is 0 Å². The minimum absolute atomic E-state index is 0. The van der Waals surface area contributed by atoms with Crippen molar-refractivity contribution < 1.29 is 4.79 Å². The molecule has 0 rings (SSSR count). The Kier molecular flexibility index (Phi) is 13.1. The summed E-state index contributed by atoms with van der Waals surface area (Å²) in [6, 6.07) is 0. The summed E-state index contributed by atoms with van der Waals surface area (Å²) in [5.74, 6) is 1.37. The molecule has 0 aromatic carbocycles. The van der Waals surface area contributed by atoms with Gasteiger partial charge in [0.15, 0.2) is 5.96 Å². The third-order valence-corrected chi connectivity index (χ3v) is 2.49. The Morgan fingerprint density at radius 2 is 1.81 bits per heavy atom. The maximum Gasteiger partial charge on any atom is 0.242 e. The van der Waals surface area contributed by atoms with Crippen molar-refractivity contribution in [2.24, 2.45) is 10.9 Å². The van der Waals surface area contributed by atoms with Gasteiger partial charge in [-0.15, -0.1) is 24.0 Å². The highest BCUT2D eigenvalue weighted by Gasteiger charge is 2.13. The van der Waals surface area contributed by atoms with Crippen LogP contribution in [0.5, 0.6) is 0 Å². The van der Waals surface area contributed by atoms with Crippen molar-refractivity contribution in [2.45, 2.75) is 59.9 Å². The van der Waals surface area contributed by atoms with Crippen molar-refractivity contribution in [1.29, 1.82) is 0 Å². The zero-order valence-corrected chi connectivity index (χ0v) is 16.7. The van der Waals surface area contributed by atoms with Crippen LogP contribution in [0.3, 0.4) is 0 Å². The Hall–Kier alpha value is -0.530. The average molecular weight is 412 g/mol. The molecule has 0 aromatic heterocycles. The number of aliphatic imine (C=N–C) groups is 1. The van der Waals surface area contributed by atoms with Crippen LogP contribution in [0.1, 0.15) is 54.4 Å². The first-order chi connectivity index (χ1) is 9.24. The molecule has 0 fully saturated rings. The van der Waals surface area contributed by atoms with Crippen molar-refractivity contribution in [3.63, 3.8) is 0 Å². The molecule has 0 bridgehead atoms. The molecule has 5 nitrogen and oxygen atoms in total. The predicted molar refractivity (Wildman–Crippen MR) is 101 cm³/mol. The van der Waals surface area contributed by atoms with Crippen molar-refractivity contribution in [3.05, 3.63) is 0 Å². The molecule has 0 radical (unpaired) electrons. The molecule has 0 saturated carbocycles. The van der Waals surface area contributed by atoms with Crippen LogP contribution >= 0.6 is 24.0 Å². The number of amides is 1. The zero-order valence-electron chi connectivity index (χ0n) is 14.4. The third kappa shape index (κ3) is 15.7. The summed E-state index contributed by atoms with van der Waals surface area (Å²) in [5, 5.41) is 9.30. The van der Waals surface area contributed by atoms with E-state index in [1.165, 1.54) is 6.42 Å². The summed E-state index contributed by atoms with van der Waals surface area (Å²) in [6.45, 7) is 14.2. The quantitative estimate of drug-likeness (QED) is 0.261. The van der Waals surface area contributed by atoms with Crippen LogP contribution < -0.4 is 16.0 Å². The number of carbonyl (C=O) groups excluding carboxylic acids is 1. The van der Waals surface area contributed by atoms with Gasteiger partial charge in [-0.25, -0.2) is 4.99 Å². The first kappa shape index (κ1) is 22.7. The minimum Gasteiger partial charge on any atom is -0.357 e. The molecule has 0 saturated heterocycles. The van der Waals surface area contributed by atoms with E-state index in [-0.39, 0.29) is 42.0 Å². The molecule has 21 heavy (non-hydrogen) atoms. The van der Waals surface area contributed by atoms with Gasteiger partial charge in [0.1, 0.15) is 6.54 Å². The second-order valence-corrected chi connectivity index (χ2v) is 6.46. The second-order valence-electron chi connectivity index (χ2n) is 6.46. The lowest BCUT2D eigenvalue weighted by Crippen LogP contribution is -2.43. The van der Waals surface area contributed by atoms with Crippen LogP contribution in [0.2, 0.25) is 0 Å². The van der Waals surface area contributed by atoms with Gasteiger partial charge >= 0.3 is 0 Å². The van der Waals surface area contributed by atoms with Crippen LogP contribution in [-0.4, -0.2) is 37.0 Å². The van der Waals surface area contributed by atoms with Crippen LogP contribution in [0.15, 0.2) is 4.99 Å². The molecule has 1 amide bonds. The summed E-state index contributed by atoms with van der Waals surface area (Å²) in [5.41, 5.74) is -0.213. The molecule has 3 N–H and O–H groups in total. The Morgan fingerprint density at radius 3 is 2.29 bits per heavy atom. The Morgan fingerprint density at radius 1 is 1.19 bits per heavy atom. The standard InChI is InChI=1S/C15H32N4O.HI/c1-7-16-14(17-10-8-9-12(2)3)18-11-13(20)19-15(4,5)6;/h12H,7-11H2,1-6H3,(H,19,20)(H2,16,17,18);1H. The van der Waals surface area contributed by atoms with Crippen LogP contribution in [0.25, 0.3) is 0 Å². The van der Waals surface area contributed by atoms with Gasteiger partial charge in [-0.05, 0) is 46.5 Å². The Labute approximate surface area is 147 Å². The summed E-state index contributed by atoms with van der Waals surface area (Å²) in [6.07, 6.45) is 2.30. The monoisotopic (exact) mass is 412 g/mol. The van der Waals surface area contributed by atoms with Crippen molar-refractivity contribution >= 4 is 35.8 Å². The largest absolute Gasteiger partial charge is 0.357 e. The van der Waals surface area contributed by atoms with Crippen molar-refractivity contribution in [1.82, 2.24) is 16.0 Å². The number of nitrogens with zero attached hydrogens (tertiary/aromatic N) is 1. The second kappa shape index (κ2) is 12.1. The Balaban J connectivity index is 0. The van der Waals surface area contributed by atoms with E-state index in [1.54, 1.807) is 0 Å². The predicted octanol–water partition coefficient (Wildman–Crippen LogP) is 2.51. The molecule has 0 unspecified atom stereocenters. The van der Waals surface area contributed by atoms with Crippen molar-refractivity contribution in [2.75, 3.05) is 19.6 Å². The van der Waals surface area contributed by atoms with Gasteiger partial charge in [-0.2, -0.15) is 0 Å². The SMILES string of the molecule is CCNC(=NCC(=O)NC(C)(C)C)NCCCC(C)C.I.